The van der Waals surface area contributed by atoms with Crippen molar-refractivity contribution in [3.05, 3.63) is 78.9 Å². The summed E-state index contributed by atoms with van der Waals surface area (Å²) in [6.07, 6.45) is 3.10. The van der Waals surface area contributed by atoms with Gasteiger partial charge in [-0.15, -0.1) is 0 Å². The molecule has 0 spiro atoms. The minimum Gasteiger partial charge on any atom is -0.457 e. The molecule has 2 atom stereocenters. The van der Waals surface area contributed by atoms with Gasteiger partial charge in [-0.3, -0.25) is 0 Å². The van der Waals surface area contributed by atoms with Gasteiger partial charge in [0.1, 0.15) is 18.4 Å². The van der Waals surface area contributed by atoms with Crippen LogP contribution in [0.1, 0.15) is 18.9 Å². The van der Waals surface area contributed by atoms with Crippen LogP contribution in [-0.4, -0.2) is 24.9 Å². The first kappa shape index (κ1) is 16.5. The van der Waals surface area contributed by atoms with Crippen molar-refractivity contribution in [2.45, 2.75) is 24.1 Å². The normalized spacial score (nSPS) is 16.1. The van der Waals surface area contributed by atoms with E-state index in [4.69, 9.17) is 16.3 Å². The molecular formula is C18H18ClN3O2. The largest absolute Gasteiger partial charge is 0.457 e. The number of para-hydroxylation sites is 1. The second-order valence-corrected chi connectivity index (χ2v) is 6.00. The van der Waals surface area contributed by atoms with Gasteiger partial charge in [0.2, 0.25) is 5.06 Å². The molecule has 0 aliphatic rings. The number of alkyl halides is 1. The van der Waals surface area contributed by atoms with Crippen LogP contribution in [0.4, 0.5) is 0 Å². The summed E-state index contributed by atoms with van der Waals surface area (Å²) in [5, 5.41) is 13.5. The molecule has 0 amide bonds. The van der Waals surface area contributed by atoms with Crippen LogP contribution >= 0.6 is 11.6 Å². The third-order valence-electron chi connectivity index (χ3n) is 3.90. The minimum absolute atomic E-state index is 0.232. The molecule has 124 valence electrons. The highest BCUT2D eigenvalue weighted by Gasteiger charge is 2.55. The van der Waals surface area contributed by atoms with Crippen LogP contribution in [0.25, 0.3) is 0 Å². The van der Waals surface area contributed by atoms with Crippen LogP contribution in [0.3, 0.4) is 0 Å². The summed E-state index contributed by atoms with van der Waals surface area (Å²) in [7, 11) is 0. The maximum absolute atomic E-state index is 11.1. The molecule has 6 heteroatoms. The zero-order valence-corrected chi connectivity index (χ0v) is 14.0. The SMILES string of the molecule is CCC(O)(Cl)C(Oc1ccccc1)(c1ccccc1)n1cncn1. The van der Waals surface area contributed by atoms with Gasteiger partial charge in [0.25, 0.3) is 5.72 Å². The number of aliphatic hydroxyl groups is 1. The zero-order valence-electron chi connectivity index (χ0n) is 13.2. The number of rotatable bonds is 6. The van der Waals surface area contributed by atoms with Crippen molar-refractivity contribution in [3.8, 4) is 5.75 Å². The topological polar surface area (TPSA) is 60.2 Å². The summed E-state index contributed by atoms with van der Waals surface area (Å²) >= 11 is 6.56. The standard InChI is InChI=1S/C18H18ClN3O2/c1-2-17(19,23)18(22-14-20-13-21-22,15-9-5-3-6-10-15)24-16-11-7-4-8-12-16/h3-14,23H,2H2,1H3. The van der Waals surface area contributed by atoms with Crippen LogP contribution in [0.2, 0.25) is 0 Å². The van der Waals surface area contributed by atoms with E-state index >= 15 is 0 Å². The molecule has 1 N–H and O–H groups in total. The first-order valence-corrected chi connectivity index (χ1v) is 8.04. The van der Waals surface area contributed by atoms with E-state index in [0.717, 1.165) is 0 Å². The van der Waals surface area contributed by atoms with Gasteiger partial charge in [-0.1, -0.05) is 67.1 Å². The number of benzene rings is 2. The highest BCUT2D eigenvalue weighted by atomic mass is 35.5. The molecule has 3 rings (SSSR count). The summed E-state index contributed by atoms with van der Waals surface area (Å²) < 4.78 is 7.72. The fraction of sp³-hybridized carbons (Fsp3) is 0.222. The van der Waals surface area contributed by atoms with Crippen LogP contribution in [0.15, 0.2) is 73.3 Å². The zero-order chi connectivity index (χ0) is 17.0. The molecule has 0 saturated heterocycles. The second kappa shape index (κ2) is 6.63. The Morgan fingerprint density at radius 2 is 1.71 bits per heavy atom. The van der Waals surface area contributed by atoms with Crippen molar-refractivity contribution in [2.75, 3.05) is 0 Å². The molecule has 0 aliphatic carbocycles. The quantitative estimate of drug-likeness (QED) is 0.697. The van der Waals surface area contributed by atoms with Crippen LogP contribution < -0.4 is 4.74 Å². The summed E-state index contributed by atoms with van der Waals surface area (Å²) in [5.74, 6) is 0.560. The van der Waals surface area contributed by atoms with Crippen LogP contribution in [0.5, 0.6) is 5.75 Å². The number of hydrogen-bond donors (Lipinski definition) is 1. The van der Waals surface area contributed by atoms with Gasteiger partial charge < -0.3 is 9.84 Å². The molecule has 0 bridgehead atoms. The lowest BCUT2D eigenvalue weighted by molar-refractivity contribution is -0.118. The van der Waals surface area contributed by atoms with Crippen molar-refractivity contribution in [2.24, 2.45) is 0 Å². The third kappa shape index (κ3) is 2.77. The Morgan fingerprint density at radius 1 is 1.08 bits per heavy atom. The number of nitrogens with zero attached hydrogens (tertiary/aromatic N) is 3. The smallest absolute Gasteiger partial charge is 0.271 e. The Labute approximate surface area is 145 Å². The van der Waals surface area contributed by atoms with E-state index in [9.17, 15) is 5.11 Å². The summed E-state index contributed by atoms with van der Waals surface area (Å²) in [6.45, 7) is 1.79. The Morgan fingerprint density at radius 3 is 2.25 bits per heavy atom. The van der Waals surface area contributed by atoms with Gasteiger partial charge >= 0.3 is 0 Å². The molecular weight excluding hydrogens is 326 g/mol. The molecule has 0 radical (unpaired) electrons. The molecule has 2 unspecified atom stereocenters. The number of ether oxygens (including phenoxy) is 1. The first-order valence-electron chi connectivity index (χ1n) is 7.66. The number of halogens is 1. The lowest BCUT2D eigenvalue weighted by Gasteiger charge is -2.42. The van der Waals surface area contributed by atoms with E-state index in [1.54, 1.807) is 19.1 Å². The molecule has 0 saturated carbocycles. The van der Waals surface area contributed by atoms with Crippen molar-refractivity contribution in [1.29, 1.82) is 0 Å². The average molecular weight is 344 g/mol. The van der Waals surface area contributed by atoms with Crippen LogP contribution in [0, 0.1) is 0 Å². The van der Waals surface area contributed by atoms with E-state index < -0.39 is 10.8 Å². The first-order chi connectivity index (χ1) is 11.6. The fourth-order valence-corrected chi connectivity index (χ4v) is 2.88. The molecule has 0 fully saturated rings. The molecule has 2 aromatic carbocycles. The Bertz CT molecular complexity index is 763. The van der Waals surface area contributed by atoms with Gasteiger partial charge in [-0.2, -0.15) is 5.10 Å². The Kier molecular flexibility index (Phi) is 4.55. The highest BCUT2D eigenvalue weighted by molar-refractivity contribution is 6.23. The van der Waals surface area contributed by atoms with E-state index in [1.807, 2.05) is 48.5 Å². The molecule has 1 heterocycles. The maximum atomic E-state index is 11.1. The molecule has 1 aromatic heterocycles. The lowest BCUT2D eigenvalue weighted by Crippen LogP contribution is -2.57. The summed E-state index contributed by atoms with van der Waals surface area (Å²) in [6, 6.07) is 18.5. The monoisotopic (exact) mass is 343 g/mol. The minimum atomic E-state index is -1.75. The average Bonchev–Trinajstić information content (AvgIpc) is 3.16. The Hall–Kier alpha value is -2.37. The predicted octanol–water partition coefficient (Wildman–Crippen LogP) is 3.40. The maximum Gasteiger partial charge on any atom is 0.271 e. The van der Waals surface area contributed by atoms with Gasteiger partial charge in [0.15, 0.2) is 0 Å². The van der Waals surface area contributed by atoms with Gasteiger partial charge in [-0.05, 0) is 18.6 Å². The van der Waals surface area contributed by atoms with E-state index in [-0.39, 0.29) is 6.42 Å². The molecule has 3 aromatic rings. The molecule has 5 nitrogen and oxygen atoms in total. The van der Waals surface area contributed by atoms with E-state index in [1.165, 1.54) is 17.3 Å². The van der Waals surface area contributed by atoms with Gasteiger partial charge in [0, 0.05) is 5.56 Å². The molecule has 24 heavy (non-hydrogen) atoms. The van der Waals surface area contributed by atoms with Crippen molar-refractivity contribution in [3.63, 3.8) is 0 Å². The van der Waals surface area contributed by atoms with E-state index in [0.29, 0.717) is 11.3 Å². The van der Waals surface area contributed by atoms with Gasteiger partial charge in [-0.25, -0.2) is 9.67 Å². The number of aromatic nitrogens is 3. The molecule has 0 aliphatic heterocycles. The predicted molar refractivity (Wildman–Crippen MR) is 91.7 cm³/mol. The van der Waals surface area contributed by atoms with Crippen molar-refractivity contribution in [1.82, 2.24) is 14.8 Å². The third-order valence-corrected chi connectivity index (χ3v) is 4.43. The van der Waals surface area contributed by atoms with E-state index in [2.05, 4.69) is 10.1 Å². The number of hydrogen-bond acceptors (Lipinski definition) is 4. The second-order valence-electron chi connectivity index (χ2n) is 5.38. The van der Waals surface area contributed by atoms with Crippen molar-refractivity contribution >= 4 is 11.6 Å². The van der Waals surface area contributed by atoms with Crippen LogP contribution in [-0.2, 0) is 5.72 Å². The van der Waals surface area contributed by atoms with Crippen molar-refractivity contribution < 1.29 is 9.84 Å². The fourth-order valence-electron chi connectivity index (χ4n) is 2.65. The Balaban J connectivity index is 2.25. The summed E-state index contributed by atoms with van der Waals surface area (Å²) in [4.78, 5) is 4.01. The lowest BCUT2D eigenvalue weighted by atomic mass is 9.94. The van der Waals surface area contributed by atoms with Gasteiger partial charge in [0.05, 0.1) is 0 Å². The summed E-state index contributed by atoms with van der Waals surface area (Å²) in [5.41, 5.74) is -0.804. The highest BCUT2D eigenvalue weighted by Crippen LogP contribution is 2.43.